The van der Waals surface area contributed by atoms with E-state index in [1.165, 1.54) is 12.0 Å². The number of anilines is 1. The van der Waals surface area contributed by atoms with Gasteiger partial charge in [-0.25, -0.2) is 0 Å². The summed E-state index contributed by atoms with van der Waals surface area (Å²) in [7, 11) is 1.51. The number of nitrogens with two attached hydrogens (primary N) is 1. The quantitative estimate of drug-likeness (QED) is 0.553. The molecule has 0 bridgehead atoms. The van der Waals surface area contributed by atoms with Crippen LogP contribution in [0.2, 0.25) is 10.0 Å². The van der Waals surface area contributed by atoms with Gasteiger partial charge in [0.05, 0.1) is 28.1 Å². The fourth-order valence-electron chi connectivity index (χ4n) is 2.86. The summed E-state index contributed by atoms with van der Waals surface area (Å²) in [6.45, 7) is 0. The van der Waals surface area contributed by atoms with Gasteiger partial charge >= 0.3 is 0 Å². The van der Waals surface area contributed by atoms with Crippen LogP contribution in [0.1, 0.15) is 5.56 Å². The summed E-state index contributed by atoms with van der Waals surface area (Å²) < 4.78 is 5.22. The lowest BCUT2D eigenvalue weighted by Crippen LogP contribution is -2.31. The van der Waals surface area contributed by atoms with Gasteiger partial charge in [0.2, 0.25) is 5.91 Å². The minimum absolute atomic E-state index is 0.198. The van der Waals surface area contributed by atoms with E-state index < -0.39 is 11.2 Å². The normalized spacial score (nSPS) is 17.8. The predicted octanol–water partition coefficient (Wildman–Crippen LogP) is 3.91. The molecule has 2 amide bonds. The fraction of sp³-hybridized carbons (Fsp3) is 0.150. The largest absolute Gasteiger partial charge is 0.497 e. The van der Waals surface area contributed by atoms with Crippen LogP contribution in [0.3, 0.4) is 0 Å². The zero-order valence-electron chi connectivity index (χ0n) is 15.2. The summed E-state index contributed by atoms with van der Waals surface area (Å²) in [5.41, 5.74) is 6.38. The Hall–Kier alpha value is -2.66. The Morgan fingerprint density at radius 2 is 2.03 bits per heavy atom. The predicted molar refractivity (Wildman–Crippen MR) is 114 cm³/mol. The lowest BCUT2D eigenvalue weighted by molar-refractivity contribution is -0.117. The number of hydrogen-bond acceptors (Lipinski definition) is 5. The van der Waals surface area contributed by atoms with E-state index in [0.29, 0.717) is 27.9 Å². The molecule has 1 heterocycles. The maximum atomic E-state index is 13.2. The molecule has 29 heavy (non-hydrogen) atoms. The van der Waals surface area contributed by atoms with Gasteiger partial charge in [-0.15, -0.1) is 0 Å². The van der Waals surface area contributed by atoms with Crippen LogP contribution in [-0.4, -0.2) is 24.2 Å². The minimum Gasteiger partial charge on any atom is -0.497 e. The van der Waals surface area contributed by atoms with E-state index in [9.17, 15) is 14.9 Å². The molecule has 6 nitrogen and oxygen atoms in total. The number of methoxy groups -OCH3 is 1. The van der Waals surface area contributed by atoms with E-state index in [4.69, 9.17) is 33.7 Å². The number of thioether (sulfide) groups is 1. The van der Waals surface area contributed by atoms with Crippen LogP contribution in [-0.2, 0) is 16.0 Å². The van der Waals surface area contributed by atoms with Gasteiger partial charge in [0.25, 0.3) is 5.91 Å². The van der Waals surface area contributed by atoms with Crippen molar-refractivity contribution in [3.05, 3.63) is 68.7 Å². The highest BCUT2D eigenvalue weighted by Crippen LogP contribution is 2.42. The number of halogens is 2. The maximum Gasteiger partial charge on any atom is 0.262 e. The molecular weight excluding hydrogens is 433 g/mol. The SMILES string of the molecule is COc1cccc(N2C(=O)[C@@H](Cc3ccc(Cl)c(Cl)c3)S/C2=C(/C#N)C(N)=O)c1. The van der Waals surface area contributed by atoms with E-state index in [-0.39, 0.29) is 16.5 Å². The van der Waals surface area contributed by atoms with E-state index in [0.717, 1.165) is 17.3 Å². The molecule has 148 valence electrons. The van der Waals surface area contributed by atoms with Crippen molar-refractivity contribution in [1.29, 1.82) is 5.26 Å². The first-order valence-corrected chi connectivity index (χ1v) is 10.0. The number of hydrogen-bond donors (Lipinski definition) is 1. The van der Waals surface area contributed by atoms with E-state index in [1.54, 1.807) is 42.5 Å². The average Bonchev–Trinajstić information content (AvgIpc) is 3.01. The molecule has 1 aliphatic rings. The van der Waals surface area contributed by atoms with Crippen molar-refractivity contribution in [3.63, 3.8) is 0 Å². The monoisotopic (exact) mass is 447 g/mol. The Morgan fingerprint density at radius 1 is 1.28 bits per heavy atom. The summed E-state index contributed by atoms with van der Waals surface area (Å²) in [4.78, 5) is 26.4. The van der Waals surface area contributed by atoms with Gasteiger partial charge in [0.1, 0.15) is 22.4 Å². The van der Waals surface area contributed by atoms with E-state index in [1.807, 2.05) is 6.07 Å². The Labute approximate surface area is 181 Å². The van der Waals surface area contributed by atoms with Crippen LogP contribution in [0.25, 0.3) is 0 Å². The molecule has 0 unspecified atom stereocenters. The Balaban J connectivity index is 2.04. The number of amides is 2. The lowest BCUT2D eigenvalue weighted by atomic mass is 10.1. The highest BCUT2D eigenvalue weighted by molar-refractivity contribution is 8.05. The lowest BCUT2D eigenvalue weighted by Gasteiger charge is -2.19. The first-order valence-electron chi connectivity index (χ1n) is 8.38. The van der Waals surface area contributed by atoms with Crippen LogP contribution < -0.4 is 15.4 Å². The van der Waals surface area contributed by atoms with E-state index in [2.05, 4.69) is 0 Å². The van der Waals surface area contributed by atoms with Gasteiger partial charge in [0.15, 0.2) is 0 Å². The van der Waals surface area contributed by atoms with Crippen LogP contribution in [0.15, 0.2) is 53.1 Å². The third kappa shape index (κ3) is 4.35. The van der Waals surface area contributed by atoms with Crippen molar-refractivity contribution >= 4 is 52.5 Å². The second-order valence-corrected chi connectivity index (χ2v) is 8.10. The third-order valence-electron chi connectivity index (χ3n) is 4.24. The molecule has 0 spiro atoms. The van der Waals surface area contributed by atoms with Gasteiger partial charge in [-0.05, 0) is 36.2 Å². The van der Waals surface area contributed by atoms with Gasteiger partial charge in [-0.2, -0.15) is 5.26 Å². The molecular formula is C20H15Cl2N3O3S. The van der Waals surface area contributed by atoms with Gasteiger partial charge in [-0.1, -0.05) is 47.1 Å². The van der Waals surface area contributed by atoms with Crippen molar-refractivity contribution in [1.82, 2.24) is 0 Å². The number of benzene rings is 2. The Kier molecular flexibility index (Phi) is 6.38. The number of ether oxygens (including phenoxy) is 1. The van der Waals surface area contributed by atoms with Crippen LogP contribution >= 0.6 is 35.0 Å². The van der Waals surface area contributed by atoms with Gasteiger partial charge in [0, 0.05) is 6.07 Å². The maximum absolute atomic E-state index is 13.2. The fourth-order valence-corrected chi connectivity index (χ4v) is 4.50. The number of nitrogens with zero attached hydrogens (tertiary/aromatic N) is 2. The molecule has 1 atom stereocenters. The molecule has 2 aromatic rings. The molecule has 1 aliphatic heterocycles. The van der Waals surface area contributed by atoms with Crippen molar-refractivity contribution < 1.29 is 14.3 Å². The third-order valence-corrected chi connectivity index (χ3v) is 6.24. The molecule has 0 saturated carbocycles. The minimum atomic E-state index is -0.897. The highest BCUT2D eigenvalue weighted by Gasteiger charge is 2.40. The Morgan fingerprint density at radius 3 is 2.66 bits per heavy atom. The van der Waals surface area contributed by atoms with Crippen LogP contribution in [0, 0.1) is 11.3 Å². The highest BCUT2D eigenvalue weighted by atomic mass is 35.5. The van der Waals surface area contributed by atoms with Gasteiger partial charge < -0.3 is 10.5 Å². The first kappa shape index (κ1) is 21.1. The van der Waals surface area contributed by atoms with Crippen LogP contribution in [0.5, 0.6) is 5.75 Å². The molecule has 1 saturated heterocycles. The van der Waals surface area contributed by atoms with Crippen molar-refractivity contribution in [2.24, 2.45) is 5.73 Å². The van der Waals surface area contributed by atoms with Crippen molar-refractivity contribution in [3.8, 4) is 11.8 Å². The molecule has 0 aliphatic carbocycles. The molecule has 2 aromatic carbocycles. The summed E-state index contributed by atoms with van der Waals surface area (Å²) in [6.07, 6.45) is 0.335. The summed E-state index contributed by atoms with van der Waals surface area (Å²) in [5, 5.41) is 9.86. The smallest absolute Gasteiger partial charge is 0.262 e. The van der Waals surface area contributed by atoms with Crippen molar-refractivity contribution in [2.45, 2.75) is 11.7 Å². The summed E-state index contributed by atoms with van der Waals surface area (Å²) in [6, 6.07) is 13.7. The average molecular weight is 448 g/mol. The van der Waals surface area contributed by atoms with Crippen molar-refractivity contribution in [2.75, 3.05) is 12.0 Å². The number of carbonyl (C=O) groups excluding carboxylic acids is 2. The molecule has 1 fully saturated rings. The zero-order valence-corrected chi connectivity index (χ0v) is 17.5. The first-order chi connectivity index (χ1) is 13.8. The second kappa shape index (κ2) is 8.78. The number of rotatable bonds is 5. The van der Waals surface area contributed by atoms with Gasteiger partial charge in [-0.3, -0.25) is 14.5 Å². The van der Waals surface area contributed by atoms with Crippen LogP contribution in [0.4, 0.5) is 5.69 Å². The standard InChI is InChI=1S/C20H15Cl2N3O3S/c1-28-13-4-2-3-12(9-13)25-19(27)17(29-20(25)14(10-23)18(24)26)8-11-5-6-15(21)16(22)7-11/h2-7,9,17H,8H2,1H3,(H2,24,26)/b20-14-/t17-/m1/s1. The zero-order chi connectivity index (χ0) is 21.1. The topological polar surface area (TPSA) is 96.4 Å². The number of nitriles is 1. The molecule has 9 heteroatoms. The molecule has 2 N–H and O–H groups in total. The summed E-state index contributed by atoms with van der Waals surface area (Å²) in [5.74, 6) is -0.644. The molecule has 0 radical (unpaired) electrons. The summed E-state index contributed by atoms with van der Waals surface area (Å²) >= 11 is 13.1. The molecule has 0 aromatic heterocycles. The van der Waals surface area contributed by atoms with E-state index >= 15 is 0 Å². The molecule has 3 rings (SSSR count). The second-order valence-electron chi connectivity index (χ2n) is 6.09. The number of carbonyl (C=O) groups is 2. The Bertz CT molecular complexity index is 1070. The number of primary amides is 1.